The van der Waals surface area contributed by atoms with Crippen LogP contribution in [-0.4, -0.2) is 79.9 Å². The third kappa shape index (κ3) is 8.51. The predicted octanol–water partition coefficient (Wildman–Crippen LogP) is 2.55. The van der Waals surface area contributed by atoms with Gasteiger partial charge in [0.05, 0.1) is 7.11 Å². The molecule has 1 heterocycles. The predicted molar refractivity (Wildman–Crippen MR) is 129 cm³/mol. The summed E-state index contributed by atoms with van der Waals surface area (Å²) in [5, 5.41) is 24.0. The number of ether oxygens (including phenoxy) is 3. The SMILES string of the molecule is COc1ccc(OC[C@H](O)CNC2CCN(CC(O)COc3ccc(C)c(C)c3)CC2)cc1. The molecule has 33 heavy (non-hydrogen) atoms. The van der Waals surface area contributed by atoms with Crippen molar-refractivity contribution in [3.63, 3.8) is 0 Å². The van der Waals surface area contributed by atoms with Crippen LogP contribution in [0, 0.1) is 13.8 Å². The average Bonchev–Trinajstić information content (AvgIpc) is 2.83. The summed E-state index contributed by atoms with van der Waals surface area (Å²) in [5.41, 5.74) is 2.42. The summed E-state index contributed by atoms with van der Waals surface area (Å²) in [4.78, 5) is 2.27. The number of aryl methyl sites for hydroxylation is 2. The summed E-state index contributed by atoms with van der Waals surface area (Å²) in [6, 6.07) is 13.7. The van der Waals surface area contributed by atoms with Crippen LogP contribution in [-0.2, 0) is 0 Å². The molecular weight excluding hydrogens is 420 g/mol. The van der Waals surface area contributed by atoms with E-state index in [9.17, 15) is 10.2 Å². The summed E-state index contributed by atoms with van der Waals surface area (Å²) in [6.45, 7) is 7.59. The van der Waals surface area contributed by atoms with Crippen molar-refractivity contribution in [2.75, 3.05) is 46.5 Å². The van der Waals surface area contributed by atoms with Gasteiger partial charge in [0.2, 0.25) is 0 Å². The van der Waals surface area contributed by atoms with Crippen molar-refractivity contribution < 1.29 is 24.4 Å². The lowest BCUT2D eigenvalue weighted by molar-refractivity contribution is 0.0556. The maximum atomic E-state index is 10.4. The lowest BCUT2D eigenvalue weighted by atomic mass is 10.0. The van der Waals surface area contributed by atoms with Gasteiger partial charge in [0, 0.05) is 19.1 Å². The van der Waals surface area contributed by atoms with Crippen molar-refractivity contribution in [3.05, 3.63) is 53.6 Å². The number of likely N-dealkylation sites (tertiary alicyclic amines) is 1. The highest BCUT2D eigenvalue weighted by molar-refractivity contribution is 5.34. The molecule has 7 nitrogen and oxygen atoms in total. The molecule has 1 saturated heterocycles. The van der Waals surface area contributed by atoms with Crippen LogP contribution in [0.4, 0.5) is 0 Å². The zero-order valence-corrected chi connectivity index (χ0v) is 20.0. The molecule has 0 aromatic heterocycles. The van der Waals surface area contributed by atoms with E-state index in [2.05, 4.69) is 24.1 Å². The third-order valence-corrected chi connectivity index (χ3v) is 6.12. The van der Waals surface area contributed by atoms with Crippen LogP contribution < -0.4 is 19.5 Å². The number of β-amino-alcohol motifs (C(OH)–C–C–N with tert-alkyl or cyclic N) is 1. The Morgan fingerprint density at radius 3 is 2.15 bits per heavy atom. The topological polar surface area (TPSA) is 83.4 Å². The van der Waals surface area contributed by atoms with E-state index < -0.39 is 12.2 Å². The van der Waals surface area contributed by atoms with E-state index in [0.29, 0.717) is 31.5 Å². The highest BCUT2D eigenvalue weighted by atomic mass is 16.5. The molecule has 2 atom stereocenters. The molecule has 0 amide bonds. The summed E-state index contributed by atoms with van der Waals surface area (Å²) in [7, 11) is 1.62. The van der Waals surface area contributed by atoms with Crippen molar-refractivity contribution in [2.24, 2.45) is 0 Å². The van der Waals surface area contributed by atoms with Gasteiger partial charge in [-0.15, -0.1) is 0 Å². The molecule has 2 aromatic carbocycles. The largest absolute Gasteiger partial charge is 0.497 e. The van der Waals surface area contributed by atoms with Gasteiger partial charge in [0.25, 0.3) is 0 Å². The normalized spacial score (nSPS) is 16.9. The molecule has 1 aliphatic heterocycles. The number of methoxy groups -OCH3 is 1. The second-order valence-corrected chi connectivity index (χ2v) is 8.83. The van der Waals surface area contributed by atoms with Crippen LogP contribution in [0.25, 0.3) is 0 Å². The lowest BCUT2D eigenvalue weighted by Gasteiger charge is -2.33. The standard InChI is InChI=1S/C26H38N2O5/c1-19-4-5-26(14-20(19)2)33-18-23(30)16-28-12-10-21(11-13-28)27-15-22(29)17-32-25-8-6-24(31-3)7-9-25/h4-9,14,21-23,27,29-30H,10-13,15-18H2,1-3H3/t22-,23?/m1/s1. The highest BCUT2D eigenvalue weighted by Gasteiger charge is 2.21. The quantitative estimate of drug-likeness (QED) is 0.451. The van der Waals surface area contributed by atoms with Gasteiger partial charge in [0.1, 0.15) is 42.7 Å². The van der Waals surface area contributed by atoms with E-state index in [1.54, 1.807) is 7.11 Å². The Kier molecular flexibility index (Phi) is 9.81. The van der Waals surface area contributed by atoms with Crippen LogP contribution in [0.5, 0.6) is 17.2 Å². The minimum atomic E-state index is -0.575. The number of rotatable bonds is 12. The molecule has 0 bridgehead atoms. The Bertz CT molecular complexity index is 837. The fourth-order valence-electron chi connectivity index (χ4n) is 3.89. The van der Waals surface area contributed by atoms with Crippen LogP contribution in [0.1, 0.15) is 24.0 Å². The molecule has 3 N–H and O–H groups in total. The molecule has 1 aliphatic rings. The van der Waals surface area contributed by atoms with Crippen molar-refractivity contribution in [3.8, 4) is 17.2 Å². The average molecular weight is 459 g/mol. The number of benzene rings is 2. The molecule has 3 rings (SSSR count). The molecule has 1 fully saturated rings. The van der Waals surface area contributed by atoms with Crippen LogP contribution in [0.3, 0.4) is 0 Å². The van der Waals surface area contributed by atoms with E-state index in [0.717, 1.165) is 37.4 Å². The first-order chi connectivity index (χ1) is 15.9. The zero-order chi connectivity index (χ0) is 23.6. The second kappa shape index (κ2) is 12.8. The first-order valence-electron chi connectivity index (χ1n) is 11.7. The highest BCUT2D eigenvalue weighted by Crippen LogP contribution is 2.18. The summed E-state index contributed by atoms with van der Waals surface area (Å²) >= 11 is 0. The van der Waals surface area contributed by atoms with E-state index in [1.165, 1.54) is 11.1 Å². The Balaban J connectivity index is 1.27. The van der Waals surface area contributed by atoms with Gasteiger partial charge in [-0.05, 0) is 87.3 Å². The maximum absolute atomic E-state index is 10.4. The monoisotopic (exact) mass is 458 g/mol. The fraction of sp³-hybridized carbons (Fsp3) is 0.538. The fourth-order valence-corrected chi connectivity index (χ4v) is 3.89. The van der Waals surface area contributed by atoms with E-state index in [4.69, 9.17) is 14.2 Å². The van der Waals surface area contributed by atoms with Gasteiger partial charge in [-0.1, -0.05) is 6.07 Å². The molecule has 0 saturated carbocycles. The number of nitrogens with zero attached hydrogens (tertiary/aromatic N) is 1. The molecule has 0 radical (unpaired) electrons. The first-order valence-corrected chi connectivity index (χ1v) is 11.7. The van der Waals surface area contributed by atoms with E-state index >= 15 is 0 Å². The lowest BCUT2D eigenvalue weighted by Crippen LogP contribution is -2.47. The number of aliphatic hydroxyl groups excluding tert-OH is 2. The minimum Gasteiger partial charge on any atom is -0.497 e. The summed E-state index contributed by atoms with van der Waals surface area (Å²) < 4.78 is 16.5. The summed E-state index contributed by atoms with van der Waals surface area (Å²) in [5.74, 6) is 2.29. The van der Waals surface area contributed by atoms with Crippen molar-refractivity contribution >= 4 is 0 Å². The van der Waals surface area contributed by atoms with Gasteiger partial charge in [-0.25, -0.2) is 0 Å². The number of aliphatic hydroxyl groups is 2. The Morgan fingerprint density at radius 2 is 1.48 bits per heavy atom. The van der Waals surface area contributed by atoms with Crippen molar-refractivity contribution in [1.82, 2.24) is 10.2 Å². The number of hydrogen-bond donors (Lipinski definition) is 3. The third-order valence-electron chi connectivity index (χ3n) is 6.12. The van der Waals surface area contributed by atoms with Gasteiger partial charge in [-0.3, -0.25) is 0 Å². The Morgan fingerprint density at radius 1 is 0.879 bits per heavy atom. The van der Waals surface area contributed by atoms with E-state index in [1.807, 2.05) is 42.5 Å². The molecule has 7 heteroatoms. The smallest absolute Gasteiger partial charge is 0.119 e. The Hall–Kier alpha value is -2.32. The van der Waals surface area contributed by atoms with Crippen molar-refractivity contribution in [2.45, 2.75) is 44.9 Å². The maximum Gasteiger partial charge on any atom is 0.119 e. The van der Waals surface area contributed by atoms with E-state index in [-0.39, 0.29) is 6.61 Å². The van der Waals surface area contributed by atoms with Crippen LogP contribution in [0.2, 0.25) is 0 Å². The van der Waals surface area contributed by atoms with Crippen LogP contribution in [0.15, 0.2) is 42.5 Å². The number of hydrogen-bond acceptors (Lipinski definition) is 7. The molecule has 1 unspecified atom stereocenters. The van der Waals surface area contributed by atoms with Gasteiger partial charge < -0.3 is 34.6 Å². The molecule has 0 aliphatic carbocycles. The molecular formula is C26H38N2O5. The summed E-state index contributed by atoms with van der Waals surface area (Å²) in [6.07, 6.45) is 0.871. The molecule has 0 spiro atoms. The molecule has 2 aromatic rings. The second-order valence-electron chi connectivity index (χ2n) is 8.83. The zero-order valence-electron chi connectivity index (χ0n) is 20.0. The van der Waals surface area contributed by atoms with Gasteiger partial charge in [-0.2, -0.15) is 0 Å². The van der Waals surface area contributed by atoms with Gasteiger partial charge >= 0.3 is 0 Å². The first kappa shape index (κ1) is 25.3. The number of piperidine rings is 1. The van der Waals surface area contributed by atoms with Gasteiger partial charge in [0.15, 0.2) is 0 Å². The molecule has 182 valence electrons. The minimum absolute atomic E-state index is 0.241. The van der Waals surface area contributed by atoms with Crippen molar-refractivity contribution in [1.29, 1.82) is 0 Å². The number of nitrogens with one attached hydrogen (secondary N) is 1. The Labute approximate surface area is 197 Å². The van der Waals surface area contributed by atoms with Crippen LogP contribution >= 0.6 is 0 Å².